The van der Waals surface area contributed by atoms with Crippen LogP contribution in [0.1, 0.15) is 40.0 Å². The maximum Gasteiger partial charge on any atom is 0.410 e. The van der Waals surface area contributed by atoms with E-state index in [1.54, 1.807) is 20.8 Å². The molecule has 17 heavy (non-hydrogen) atoms. The van der Waals surface area contributed by atoms with E-state index < -0.39 is 30.0 Å². The number of aliphatic hydroxyl groups is 1. The van der Waals surface area contributed by atoms with E-state index in [4.69, 9.17) is 4.74 Å². The first kappa shape index (κ1) is 12.6. The van der Waals surface area contributed by atoms with Crippen molar-refractivity contribution in [2.24, 2.45) is 0 Å². The SMILES string of the molecule is CC(C)(C)OC(=O)N1[C@@H]2CC[C@H]1C(F)C(O)C2. The molecule has 0 aromatic rings. The molecule has 1 N–H and O–H groups in total. The van der Waals surface area contributed by atoms with Gasteiger partial charge in [0, 0.05) is 6.04 Å². The Bertz CT molecular complexity index is 315. The summed E-state index contributed by atoms with van der Waals surface area (Å²) in [4.78, 5) is 13.5. The molecule has 0 aromatic heterocycles. The Labute approximate surface area is 101 Å². The second-order valence-electron chi connectivity index (χ2n) is 5.93. The van der Waals surface area contributed by atoms with E-state index in [1.807, 2.05) is 0 Å². The molecule has 0 radical (unpaired) electrons. The first-order chi connectivity index (χ1) is 7.79. The summed E-state index contributed by atoms with van der Waals surface area (Å²) >= 11 is 0. The normalized spacial score (nSPS) is 37.1. The predicted octanol–water partition coefficient (Wildman–Crippen LogP) is 1.86. The number of amides is 1. The van der Waals surface area contributed by atoms with Gasteiger partial charge in [-0.2, -0.15) is 0 Å². The highest BCUT2D eigenvalue weighted by Crippen LogP contribution is 2.38. The van der Waals surface area contributed by atoms with Gasteiger partial charge in [-0.3, -0.25) is 4.90 Å². The zero-order valence-electron chi connectivity index (χ0n) is 10.5. The number of ether oxygens (including phenoxy) is 1. The average molecular weight is 245 g/mol. The number of halogens is 1. The molecule has 0 saturated carbocycles. The van der Waals surface area contributed by atoms with Gasteiger partial charge in [-0.25, -0.2) is 9.18 Å². The van der Waals surface area contributed by atoms with Crippen molar-refractivity contribution in [3.8, 4) is 0 Å². The van der Waals surface area contributed by atoms with E-state index in [-0.39, 0.29) is 6.04 Å². The zero-order chi connectivity index (χ0) is 12.8. The van der Waals surface area contributed by atoms with E-state index in [2.05, 4.69) is 0 Å². The fourth-order valence-electron chi connectivity index (χ4n) is 2.72. The van der Waals surface area contributed by atoms with Gasteiger partial charge in [-0.15, -0.1) is 0 Å². The van der Waals surface area contributed by atoms with E-state index in [1.165, 1.54) is 4.90 Å². The monoisotopic (exact) mass is 245 g/mol. The minimum absolute atomic E-state index is 0.0724. The number of aliphatic hydroxyl groups excluding tert-OH is 1. The minimum Gasteiger partial charge on any atom is -0.444 e. The van der Waals surface area contributed by atoms with Crippen LogP contribution in [0.15, 0.2) is 0 Å². The average Bonchev–Trinajstić information content (AvgIpc) is 2.51. The van der Waals surface area contributed by atoms with Crippen LogP contribution in [0.5, 0.6) is 0 Å². The zero-order valence-corrected chi connectivity index (χ0v) is 10.5. The molecule has 2 aliphatic rings. The van der Waals surface area contributed by atoms with Gasteiger partial charge in [0.2, 0.25) is 0 Å². The maximum absolute atomic E-state index is 13.8. The van der Waals surface area contributed by atoms with E-state index in [9.17, 15) is 14.3 Å². The molecule has 4 nitrogen and oxygen atoms in total. The lowest BCUT2D eigenvalue weighted by Gasteiger charge is -2.39. The predicted molar refractivity (Wildman–Crippen MR) is 60.4 cm³/mol. The second kappa shape index (κ2) is 4.12. The number of fused-ring (bicyclic) bond motifs is 2. The smallest absolute Gasteiger partial charge is 0.410 e. The largest absolute Gasteiger partial charge is 0.444 e. The second-order valence-corrected chi connectivity index (χ2v) is 5.93. The lowest BCUT2D eigenvalue weighted by molar-refractivity contribution is -0.0478. The molecule has 2 rings (SSSR count). The lowest BCUT2D eigenvalue weighted by atomic mass is 9.98. The van der Waals surface area contributed by atoms with Crippen molar-refractivity contribution in [2.75, 3.05) is 0 Å². The Morgan fingerprint density at radius 1 is 1.41 bits per heavy atom. The van der Waals surface area contributed by atoms with Crippen LogP contribution in [0, 0.1) is 0 Å². The molecule has 0 aromatic carbocycles. The van der Waals surface area contributed by atoms with Gasteiger partial charge in [0.15, 0.2) is 0 Å². The summed E-state index contributed by atoms with van der Waals surface area (Å²) in [5.41, 5.74) is -0.571. The first-order valence-corrected chi connectivity index (χ1v) is 6.13. The summed E-state index contributed by atoms with van der Waals surface area (Å²) < 4.78 is 19.1. The van der Waals surface area contributed by atoms with Gasteiger partial charge in [0.05, 0.1) is 12.1 Å². The van der Waals surface area contributed by atoms with Crippen molar-refractivity contribution < 1.29 is 19.0 Å². The number of carbonyl (C=O) groups is 1. The Balaban J connectivity index is 2.10. The molecule has 4 atom stereocenters. The molecule has 1 amide bonds. The topological polar surface area (TPSA) is 49.8 Å². The van der Waals surface area contributed by atoms with E-state index >= 15 is 0 Å². The van der Waals surface area contributed by atoms with Crippen LogP contribution in [-0.2, 0) is 4.74 Å². The maximum atomic E-state index is 13.8. The fourth-order valence-corrected chi connectivity index (χ4v) is 2.72. The lowest BCUT2D eigenvalue weighted by Crippen LogP contribution is -2.55. The molecule has 2 fully saturated rings. The molecular formula is C12H20FNO3. The van der Waals surface area contributed by atoms with Crippen molar-refractivity contribution in [1.82, 2.24) is 4.90 Å². The van der Waals surface area contributed by atoms with Crippen LogP contribution in [0.25, 0.3) is 0 Å². The molecule has 2 heterocycles. The third kappa shape index (κ3) is 2.39. The third-order valence-electron chi connectivity index (χ3n) is 3.40. The van der Waals surface area contributed by atoms with Gasteiger partial charge in [0.25, 0.3) is 0 Å². The number of carbonyl (C=O) groups excluding carboxylic acids is 1. The summed E-state index contributed by atoms with van der Waals surface area (Å²) in [6.07, 6.45) is -1.06. The van der Waals surface area contributed by atoms with Crippen LogP contribution in [0.2, 0.25) is 0 Å². The Kier molecular flexibility index (Phi) is 3.06. The standard InChI is InChI=1S/C12H20FNO3/c1-12(2,3)17-11(16)14-7-4-5-8(14)10(13)9(15)6-7/h7-10,15H,4-6H2,1-3H3/t7-,8+,9?,10?/m1/s1. The molecule has 2 bridgehead atoms. The molecule has 2 aliphatic heterocycles. The minimum atomic E-state index is -1.35. The van der Waals surface area contributed by atoms with Crippen molar-refractivity contribution in [3.63, 3.8) is 0 Å². The highest BCUT2D eigenvalue weighted by atomic mass is 19.1. The number of hydrogen-bond acceptors (Lipinski definition) is 3. The number of hydrogen-bond donors (Lipinski definition) is 1. The van der Waals surface area contributed by atoms with Gasteiger partial charge in [-0.1, -0.05) is 0 Å². The molecule has 5 heteroatoms. The van der Waals surface area contributed by atoms with Crippen molar-refractivity contribution in [3.05, 3.63) is 0 Å². The summed E-state index contributed by atoms with van der Waals surface area (Å²) in [6.45, 7) is 5.37. The Morgan fingerprint density at radius 3 is 2.65 bits per heavy atom. The number of nitrogens with zero attached hydrogens (tertiary/aromatic N) is 1. The molecule has 2 unspecified atom stereocenters. The third-order valence-corrected chi connectivity index (χ3v) is 3.40. The van der Waals surface area contributed by atoms with Gasteiger partial charge >= 0.3 is 6.09 Å². The van der Waals surface area contributed by atoms with Crippen LogP contribution < -0.4 is 0 Å². The van der Waals surface area contributed by atoms with Crippen molar-refractivity contribution >= 4 is 6.09 Å². The van der Waals surface area contributed by atoms with E-state index in [0.717, 1.165) is 6.42 Å². The van der Waals surface area contributed by atoms with Gasteiger partial charge in [0.1, 0.15) is 11.8 Å². The molecule has 0 aliphatic carbocycles. The highest BCUT2D eigenvalue weighted by Gasteiger charge is 2.50. The highest BCUT2D eigenvalue weighted by molar-refractivity contribution is 5.69. The molecular weight excluding hydrogens is 225 g/mol. The quantitative estimate of drug-likeness (QED) is 0.708. The van der Waals surface area contributed by atoms with Crippen LogP contribution in [-0.4, -0.2) is 46.1 Å². The Morgan fingerprint density at radius 2 is 2.06 bits per heavy atom. The van der Waals surface area contributed by atoms with Gasteiger partial charge < -0.3 is 9.84 Å². The van der Waals surface area contributed by atoms with E-state index in [0.29, 0.717) is 12.8 Å². The number of piperidine rings is 1. The first-order valence-electron chi connectivity index (χ1n) is 6.13. The summed E-state index contributed by atoms with van der Waals surface area (Å²) in [7, 11) is 0. The van der Waals surface area contributed by atoms with Crippen molar-refractivity contribution in [2.45, 2.75) is 70.0 Å². The summed E-state index contributed by atoms with van der Waals surface area (Å²) in [5.74, 6) is 0. The molecule has 0 spiro atoms. The van der Waals surface area contributed by atoms with Crippen LogP contribution >= 0.6 is 0 Å². The Hall–Kier alpha value is -0.840. The summed E-state index contributed by atoms with van der Waals surface area (Å²) in [6, 6.07) is -0.588. The van der Waals surface area contributed by atoms with Crippen molar-refractivity contribution in [1.29, 1.82) is 0 Å². The molecule has 98 valence electrons. The van der Waals surface area contributed by atoms with Crippen LogP contribution in [0.3, 0.4) is 0 Å². The van der Waals surface area contributed by atoms with Crippen LogP contribution in [0.4, 0.5) is 9.18 Å². The number of rotatable bonds is 0. The van der Waals surface area contributed by atoms with Gasteiger partial charge in [-0.05, 0) is 40.0 Å². The molecule has 2 saturated heterocycles. The summed E-state index contributed by atoms with van der Waals surface area (Å²) in [5, 5.41) is 9.54. The number of alkyl halides is 1. The fraction of sp³-hybridized carbons (Fsp3) is 0.917.